The maximum absolute atomic E-state index is 11.7. The van der Waals surface area contributed by atoms with E-state index in [0.29, 0.717) is 44.0 Å². The van der Waals surface area contributed by atoms with Gasteiger partial charge in [-0.05, 0) is 92.4 Å². The number of fused-ring (bicyclic) bond motifs is 2. The summed E-state index contributed by atoms with van der Waals surface area (Å²) >= 11 is 1.92. The predicted molar refractivity (Wildman–Crippen MR) is 266 cm³/mol. The summed E-state index contributed by atoms with van der Waals surface area (Å²) in [6.07, 6.45) is 30.7. The highest BCUT2D eigenvalue weighted by molar-refractivity contribution is 8.00. The Balaban J connectivity index is 1.30. The molecule has 0 bridgehead atoms. The summed E-state index contributed by atoms with van der Waals surface area (Å²) in [5.74, 6) is 1.53. The van der Waals surface area contributed by atoms with Crippen LogP contribution in [0.15, 0.2) is 71.9 Å². The SMILES string of the molecule is C=CCOC12Oc3ccc(Oc4cccc([N+](=O)[O-])c4)cc3C3C(CCCCO)C(CCCCO)C=C(C(=NOC4CCCCO4)CC1SCCCCCCCCCCCCCCCC)C32. The summed E-state index contributed by atoms with van der Waals surface area (Å²) in [6, 6.07) is 12.2. The third kappa shape index (κ3) is 14.5. The number of oxime groups is 1. The molecule has 2 heterocycles. The molecule has 0 amide bonds. The van der Waals surface area contributed by atoms with Gasteiger partial charge in [0.15, 0.2) is 0 Å². The van der Waals surface area contributed by atoms with E-state index in [1.165, 1.54) is 95.6 Å². The lowest BCUT2D eigenvalue weighted by Crippen LogP contribution is -2.64. The zero-order valence-electron chi connectivity index (χ0n) is 39.9. The van der Waals surface area contributed by atoms with Gasteiger partial charge in [-0.1, -0.05) is 127 Å². The van der Waals surface area contributed by atoms with E-state index >= 15 is 0 Å². The molecule has 66 heavy (non-hydrogen) atoms. The molecule has 12 heteroatoms. The highest BCUT2D eigenvalue weighted by Crippen LogP contribution is 2.63. The molecule has 2 aliphatic heterocycles. The first-order valence-corrected chi connectivity index (χ1v) is 26.9. The highest BCUT2D eigenvalue weighted by atomic mass is 32.2. The Hall–Kier alpha value is -3.42. The van der Waals surface area contributed by atoms with Gasteiger partial charge in [0.05, 0.1) is 41.1 Å². The second kappa shape index (κ2) is 28.2. The molecule has 2 aliphatic carbocycles. The van der Waals surface area contributed by atoms with Crippen LogP contribution in [0.2, 0.25) is 0 Å². The van der Waals surface area contributed by atoms with Gasteiger partial charge >= 0.3 is 0 Å². The van der Waals surface area contributed by atoms with Crippen LogP contribution in [0.4, 0.5) is 5.69 Å². The van der Waals surface area contributed by atoms with E-state index in [2.05, 4.69) is 25.6 Å². The second-order valence-electron chi connectivity index (χ2n) is 19.0. The molecule has 2 fully saturated rings. The number of ether oxygens (including phenoxy) is 4. The molecule has 1 saturated carbocycles. The lowest BCUT2D eigenvalue weighted by Gasteiger charge is -2.58. The van der Waals surface area contributed by atoms with Crippen LogP contribution in [-0.2, 0) is 14.3 Å². The van der Waals surface area contributed by atoms with Crippen molar-refractivity contribution >= 4 is 23.2 Å². The van der Waals surface area contributed by atoms with Crippen LogP contribution >= 0.6 is 11.8 Å². The van der Waals surface area contributed by atoms with Crippen LogP contribution < -0.4 is 9.47 Å². The Morgan fingerprint density at radius 3 is 2.24 bits per heavy atom. The summed E-state index contributed by atoms with van der Waals surface area (Å²) in [4.78, 5) is 17.5. The Morgan fingerprint density at radius 1 is 0.879 bits per heavy atom. The van der Waals surface area contributed by atoms with Gasteiger partial charge in [0, 0.05) is 43.6 Å². The summed E-state index contributed by atoms with van der Waals surface area (Å²) in [7, 11) is 0. The minimum atomic E-state index is -1.05. The van der Waals surface area contributed by atoms with Gasteiger partial charge in [-0.15, -0.1) is 6.58 Å². The van der Waals surface area contributed by atoms with E-state index in [1.54, 1.807) is 12.1 Å². The fourth-order valence-corrected chi connectivity index (χ4v) is 12.2. The first kappa shape index (κ1) is 52.0. The minimum absolute atomic E-state index is 0.0397. The number of rotatable bonds is 32. The molecule has 4 aliphatic rings. The van der Waals surface area contributed by atoms with E-state index < -0.39 is 10.7 Å². The van der Waals surface area contributed by atoms with E-state index in [9.17, 15) is 20.3 Å². The quantitative estimate of drug-likeness (QED) is 0.0315. The number of nitrogens with zero attached hydrogens (tertiary/aromatic N) is 2. The van der Waals surface area contributed by atoms with Gasteiger partial charge < -0.3 is 34.0 Å². The molecule has 7 unspecified atom stereocenters. The molecule has 6 rings (SSSR count). The lowest BCUT2D eigenvalue weighted by molar-refractivity contribution is -0.384. The molecule has 2 N–H and O–H groups in total. The zero-order valence-corrected chi connectivity index (χ0v) is 40.7. The molecule has 1 saturated heterocycles. The van der Waals surface area contributed by atoms with Crippen molar-refractivity contribution in [2.45, 2.75) is 184 Å². The number of aliphatic hydroxyl groups is 2. The number of thioether (sulfide) groups is 1. The van der Waals surface area contributed by atoms with Crippen LogP contribution in [0.5, 0.6) is 17.2 Å². The molecule has 0 spiro atoms. The normalized spacial score (nSPS) is 25.1. The second-order valence-corrected chi connectivity index (χ2v) is 20.3. The van der Waals surface area contributed by atoms with Crippen LogP contribution in [0.25, 0.3) is 0 Å². The molecular weight excluding hydrogens is 853 g/mol. The predicted octanol–water partition coefficient (Wildman–Crippen LogP) is 13.8. The fraction of sp³-hybridized carbons (Fsp3) is 0.685. The molecule has 11 nitrogen and oxygen atoms in total. The van der Waals surface area contributed by atoms with Crippen LogP contribution in [0, 0.1) is 27.9 Å². The number of allylic oxidation sites excluding steroid dienone is 1. The van der Waals surface area contributed by atoms with Gasteiger partial charge in [0.1, 0.15) is 17.2 Å². The van der Waals surface area contributed by atoms with Crippen LogP contribution in [0.3, 0.4) is 0 Å². The number of hydrogen-bond acceptors (Lipinski definition) is 11. The molecule has 2 aromatic carbocycles. The Kier molecular flexibility index (Phi) is 22.2. The van der Waals surface area contributed by atoms with Crippen molar-refractivity contribution in [2.75, 3.05) is 32.2 Å². The Labute approximate surface area is 399 Å². The number of benzene rings is 2. The minimum Gasteiger partial charge on any atom is -0.460 e. The zero-order chi connectivity index (χ0) is 46.4. The van der Waals surface area contributed by atoms with Crippen LogP contribution in [0.1, 0.15) is 173 Å². The number of nitro benzene ring substituents is 1. The molecule has 7 atom stereocenters. The van der Waals surface area contributed by atoms with Crippen molar-refractivity contribution in [1.29, 1.82) is 0 Å². The number of hydrogen-bond donors (Lipinski definition) is 2. The largest absolute Gasteiger partial charge is 0.460 e. The van der Waals surface area contributed by atoms with Crippen molar-refractivity contribution < 1.29 is 38.9 Å². The topological polar surface area (TPSA) is 142 Å². The number of unbranched alkanes of at least 4 members (excludes halogenated alkanes) is 15. The average Bonchev–Trinajstić information content (AvgIpc) is 3.33. The maximum atomic E-state index is 11.7. The molecule has 0 radical (unpaired) electrons. The molecular formula is C54H80N2O9S. The van der Waals surface area contributed by atoms with E-state index in [0.717, 1.165) is 79.7 Å². The highest BCUT2D eigenvalue weighted by Gasteiger charge is 2.64. The standard InChI is InChI=1S/C54H80N2O9S/c1-3-5-6-7-8-9-10-11-12-13-14-15-16-23-36-66-50-40-48(55-65-51-29-19-22-35-61-51)46-37-41(25-17-20-32-57)45(28-18-21-33-58)52-47-39-44(63-43-27-24-26-42(38-43)56(59)60)30-31-49(47)64-54(50,53(46)52)62-34-4-2/h4,24,26-27,30-31,37-39,41,45,50-53,57-58H,2-3,5-23,25,28-29,32-36,40H2,1H3. The Morgan fingerprint density at radius 2 is 1.58 bits per heavy atom. The maximum Gasteiger partial charge on any atom is 0.273 e. The van der Waals surface area contributed by atoms with Crippen molar-refractivity contribution in [3.8, 4) is 17.2 Å². The van der Waals surface area contributed by atoms with Crippen molar-refractivity contribution in [2.24, 2.45) is 22.9 Å². The number of nitro groups is 1. The lowest BCUT2D eigenvalue weighted by atomic mass is 9.56. The van der Waals surface area contributed by atoms with Gasteiger partial charge in [-0.2, -0.15) is 11.8 Å². The molecule has 366 valence electrons. The van der Waals surface area contributed by atoms with Gasteiger partial charge in [0.25, 0.3) is 5.69 Å². The van der Waals surface area contributed by atoms with Crippen molar-refractivity contribution in [1.82, 2.24) is 0 Å². The summed E-state index contributed by atoms with van der Waals surface area (Å²) in [6.45, 7) is 7.60. The van der Waals surface area contributed by atoms with Crippen molar-refractivity contribution in [3.05, 3.63) is 82.4 Å². The number of aliphatic hydroxyl groups excluding tert-OH is 2. The van der Waals surface area contributed by atoms with Gasteiger partial charge in [0.2, 0.25) is 12.1 Å². The van der Waals surface area contributed by atoms with Gasteiger partial charge in [-0.25, -0.2) is 0 Å². The monoisotopic (exact) mass is 933 g/mol. The summed E-state index contributed by atoms with van der Waals surface area (Å²) in [5.41, 5.74) is 2.95. The first-order valence-electron chi connectivity index (χ1n) is 25.8. The van der Waals surface area contributed by atoms with E-state index in [1.807, 2.05) is 30.0 Å². The van der Waals surface area contributed by atoms with Crippen molar-refractivity contribution in [3.63, 3.8) is 0 Å². The van der Waals surface area contributed by atoms with E-state index in [4.69, 9.17) is 28.9 Å². The fourth-order valence-electron chi connectivity index (χ4n) is 10.8. The van der Waals surface area contributed by atoms with E-state index in [-0.39, 0.29) is 54.1 Å². The smallest absolute Gasteiger partial charge is 0.273 e. The summed E-state index contributed by atoms with van der Waals surface area (Å²) < 4.78 is 26.9. The first-order chi connectivity index (χ1) is 32.4. The third-order valence-corrected chi connectivity index (χ3v) is 15.5. The van der Waals surface area contributed by atoms with Crippen LogP contribution in [-0.4, -0.2) is 70.4 Å². The molecule has 0 aromatic heterocycles. The number of non-ortho nitro benzene ring substituents is 1. The van der Waals surface area contributed by atoms with Gasteiger partial charge in [-0.3, -0.25) is 10.1 Å². The average molecular weight is 933 g/mol. The Bertz CT molecular complexity index is 1830. The molecule has 2 aromatic rings. The third-order valence-electron chi connectivity index (χ3n) is 14.1. The summed E-state index contributed by atoms with van der Waals surface area (Å²) in [5, 5.41) is 36.5.